The second-order valence-corrected chi connectivity index (χ2v) is 9.20. The highest BCUT2D eigenvalue weighted by Crippen LogP contribution is 2.40. The highest BCUT2D eigenvalue weighted by atomic mass is 32.2. The van der Waals surface area contributed by atoms with Crippen LogP contribution in [0.25, 0.3) is 0 Å². The predicted octanol–water partition coefficient (Wildman–Crippen LogP) is 3.76. The van der Waals surface area contributed by atoms with Crippen LogP contribution in [0.1, 0.15) is 59.8 Å². The molecule has 0 radical (unpaired) electrons. The van der Waals surface area contributed by atoms with Crippen LogP contribution in [0.4, 0.5) is 0 Å². The maximum Gasteiger partial charge on any atom is 0.0284 e. The molecule has 0 aromatic heterocycles. The van der Waals surface area contributed by atoms with E-state index in [0.29, 0.717) is 10.8 Å². The van der Waals surface area contributed by atoms with E-state index in [1.807, 2.05) is 0 Å². The van der Waals surface area contributed by atoms with Crippen LogP contribution in [0.2, 0.25) is 0 Å². The lowest BCUT2D eigenvalue weighted by atomic mass is 9.85. The smallest absolute Gasteiger partial charge is 0.0284 e. The zero-order valence-corrected chi connectivity index (χ0v) is 15.0. The van der Waals surface area contributed by atoms with Crippen LogP contribution in [0.3, 0.4) is 0 Å². The van der Waals surface area contributed by atoms with E-state index >= 15 is 0 Å². The summed E-state index contributed by atoms with van der Waals surface area (Å²) < 4.78 is 0.527. The Labute approximate surface area is 130 Å². The molecular weight excluding hydrogens is 264 g/mol. The number of nitrogens with one attached hydrogen (secondary N) is 1. The zero-order valence-electron chi connectivity index (χ0n) is 14.2. The van der Waals surface area contributed by atoms with Crippen molar-refractivity contribution >= 4 is 11.8 Å². The molecule has 1 heterocycles. The van der Waals surface area contributed by atoms with Crippen molar-refractivity contribution in [3.05, 3.63) is 0 Å². The van der Waals surface area contributed by atoms with Crippen molar-refractivity contribution in [1.29, 1.82) is 0 Å². The van der Waals surface area contributed by atoms with Crippen molar-refractivity contribution in [3.8, 4) is 0 Å². The van der Waals surface area contributed by atoms with E-state index in [2.05, 4.69) is 55.9 Å². The molecule has 1 aliphatic heterocycles. The van der Waals surface area contributed by atoms with Gasteiger partial charge in [0.05, 0.1) is 0 Å². The Morgan fingerprint density at radius 1 is 1.20 bits per heavy atom. The van der Waals surface area contributed by atoms with Crippen molar-refractivity contribution in [2.75, 3.05) is 25.9 Å². The van der Waals surface area contributed by atoms with Crippen LogP contribution in [0.5, 0.6) is 0 Å². The van der Waals surface area contributed by atoms with Crippen LogP contribution >= 0.6 is 11.8 Å². The van der Waals surface area contributed by atoms with E-state index in [1.54, 1.807) is 0 Å². The fourth-order valence-electron chi connectivity index (χ4n) is 4.01. The molecule has 3 heteroatoms. The van der Waals surface area contributed by atoms with E-state index in [0.717, 1.165) is 12.5 Å². The number of rotatable bonds is 4. The molecule has 0 aromatic carbocycles. The first-order chi connectivity index (χ1) is 9.37. The summed E-state index contributed by atoms with van der Waals surface area (Å²) in [6.45, 7) is 13.1. The number of hydrogen-bond acceptors (Lipinski definition) is 3. The third-order valence-electron chi connectivity index (χ3n) is 5.32. The van der Waals surface area contributed by atoms with Crippen LogP contribution < -0.4 is 5.32 Å². The molecule has 20 heavy (non-hydrogen) atoms. The molecule has 0 aromatic rings. The highest BCUT2D eigenvalue weighted by molar-refractivity contribution is 8.00. The van der Waals surface area contributed by atoms with Gasteiger partial charge in [-0.25, -0.2) is 0 Å². The van der Waals surface area contributed by atoms with Crippen LogP contribution in [-0.4, -0.2) is 47.1 Å². The summed E-state index contributed by atoms with van der Waals surface area (Å²) in [5.41, 5.74) is 0.264. The standard InChI is InChI=1S/C17H34N2S/c1-14(2)15-11-18-16(3,4)12-19(15)13-17(20-5)9-7-6-8-10-17/h14-15,18H,6-13H2,1-5H3. The maximum atomic E-state index is 3.74. The second kappa shape index (κ2) is 6.58. The fraction of sp³-hybridized carbons (Fsp3) is 1.00. The first-order valence-electron chi connectivity index (χ1n) is 8.42. The summed E-state index contributed by atoms with van der Waals surface area (Å²) in [6.07, 6.45) is 9.49. The molecule has 0 bridgehead atoms. The van der Waals surface area contributed by atoms with E-state index in [-0.39, 0.29) is 5.54 Å². The van der Waals surface area contributed by atoms with Gasteiger partial charge in [-0.1, -0.05) is 33.1 Å². The van der Waals surface area contributed by atoms with Gasteiger partial charge in [-0.05, 0) is 38.9 Å². The van der Waals surface area contributed by atoms with Gasteiger partial charge in [-0.3, -0.25) is 4.90 Å². The van der Waals surface area contributed by atoms with Crippen molar-refractivity contribution in [2.45, 2.75) is 76.1 Å². The van der Waals surface area contributed by atoms with Crippen LogP contribution in [0, 0.1) is 5.92 Å². The Morgan fingerprint density at radius 3 is 2.40 bits per heavy atom. The molecule has 1 saturated heterocycles. The molecule has 118 valence electrons. The fourth-order valence-corrected chi connectivity index (χ4v) is 5.01. The van der Waals surface area contributed by atoms with E-state index in [1.165, 1.54) is 45.2 Å². The van der Waals surface area contributed by atoms with Crippen LogP contribution in [-0.2, 0) is 0 Å². The molecule has 2 aliphatic rings. The van der Waals surface area contributed by atoms with Gasteiger partial charge in [0.1, 0.15) is 0 Å². The number of piperazine rings is 1. The lowest BCUT2D eigenvalue weighted by molar-refractivity contribution is 0.0558. The van der Waals surface area contributed by atoms with E-state index in [4.69, 9.17) is 0 Å². The highest BCUT2D eigenvalue weighted by Gasteiger charge is 2.40. The molecule has 2 rings (SSSR count). The lowest BCUT2D eigenvalue weighted by Gasteiger charge is -2.50. The van der Waals surface area contributed by atoms with Gasteiger partial charge < -0.3 is 5.32 Å². The molecular formula is C17H34N2S. The Morgan fingerprint density at radius 2 is 1.85 bits per heavy atom. The summed E-state index contributed by atoms with van der Waals surface area (Å²) in [7, 11) is 0. The lowest BCUT2D eigenvalue weighted by Crippen LogP contribution is -2.64. The first kappa shape index (κ1) is 16.6. The first-order valence-corrected chi connectivity index (χ1v) is 9.64. The maximum absolute atomic E-state index is 3.74. The predicted molar refractivity (Wildman–Crippen MR) is 91.6 cm³/mol. The average Bonchev–Trinajstić information content (AvgIpc) is 2.38. The molecule has 1 atom stereocenters. The van der Waals surface area contributed by atoms with Gasteiger partial charge in [-0.15, -0.1) is 0 Å². The zero-order chi connectivity index (χ0) is 14.8. The monoisotopic (exact) mass is 298 g/mol. The number of nitrogens with zero attached hydrogens (tertiary/aromatic N) is 1. The second-order valence-electron chi connectivity index (χ2n) is 7.93. The summed E-state index contributed by atoms with van der Waals surface area (Å²) in [5, 5.41) is 3.74. The van der Waals surface area contributed by atoms with Gasteiger partial charge in [-0.2, -0.15) is 11.8 Å². The number of hydrogen-bond donors (Lipinski definition) is 1. The topological polar surface area (TPSA) is 15.3 Å². The third kappa shape index (κ3) is 3.92. The summed E-state index contributed by atoms with van der Waals surface area (Å²) in [6, 6.07) is 0.703. The van der Waals surface area contributed by atoms with Gasteiger partial charge >= 0.3 is 0 Å². The molecule has 1 aliphatic carbocycles. The Kier molecular flexibility index (Phi) is 5.47. The Balaban J connectivity index is 2.09. The van der Waals surface area contributed by atoms with Gasteiger partial charge in [0.2, 0.25) is 0 Å². The molecule has 2 nitrogen and oxygen atoms in total. The van der Waals surface area contributed by atoms with Crippen molar-refractivity contribution < 1.29 is 0 Å². The SMILES string of the molecule is CSC1(CN2CC(C)(C)NCC2C(C)C)CCCCC1. The van der Waals surface area contributed by atoms with E-state index in [9.17, 15) is 0 Å². The normalized spacial score (nSPS) is 30.6. The average molecular weight is 299 g/mol. The molecule has 1 saturated carbocycles. The Hall–Kier alpha value is 0.270. The summed E-state index contributed by atoms with van der Waals surface area (Å²) in [4.78, 5) is 2.81. The summed E-state index contributed by atoms with van der Waals surface area (Å²) >= 11 is 2.14. The largest absolute Gasteiger partial charge is 0.309 e. The minimum absolute atomic E-state index is 0.264. The van der Waals surface area contributed by atoms with Gasteiger partial charge in [0.25, 0.3) is 0 Å². The minimum Gasteiger partial charge on any atom is -0.309 e. The molecule has 1 N–H and O–H groups in total. The molecule has 1 unspecified atom stereocenters. The van der Waals surface area contributed by atoms with Crippen molar-refractivity contribution in [3.63, 3.8) is 0 Å². The summed E-state index contributed by atoms with van der Waals surface area (Å²) in [5.74, 6) is 0.737. The van der Waals surface area contributed by atoms with Crippen LogP contribution in [0.15, 0.2) is 0 Å². The minimum atomic E-state index is 0.264. The Bertz CT molecular complexity index is 308. The number of thioether (sulfide) groups is 1. The van der Waals surface area contributed by atoms with Crippen molar-refractivity contribution in [2.24, 2.45) is 5.92 Å². The van der Waals surface area contributed by atoms with Crippen molar-refractivity contribution in [1.82, 2.24) is 10.2 Å². The molecule has 0 spiro atoms. The van der Waals surface area contributed by atoms with Gasteiger partial charge in [0.15, 0.2) is 0 Å². The van der Waals surface area contributed by atoms with E-state index < -0.39 is 0 Å². The molecule has 0 amide bonds. The quantitative estimate of drug-likeness (QED) is 0.851. The van der Waals surface area contributed by atoms with Gasteiger partial charge in [0, 0.05) is 36.0 Å². The molecule has 2 fully saturated rings. The third-order valence-corrected chi connectivity index (χ3v) is 6.72.